The van der Waals surface area contributed by atoms with Gasteiger partial charge in [-0.3, -0.25) is 9.59 Å². The Morgan fingerprint density at radius 3 is 0.868 bits per heavy atom. The number of aliphatic hydroxyl groups excluding tert-OH is 2. The van der Waals surface area contributed by atoms with Gasteiger partial charge >= 0.3 is 5.97 Å². The molecule has 0 aromatic carbocycles. The van der Waals surface area contributed by atoms with Gasteiger partial charge in [-0.25, -0.2) is 0 Å². The summed E-state index contributed by atoms with van der Waals surface area (Å²) < 4.78 is 5.52. The molecule has 6 nitrogen and oxygen atoms in total. The molecule has 0 aliphatic heterocycles. The second kappa shape index (κ2) is 80.3. The average molecular weight is 1280 g/mol. The molecule has 0 rings (SSSR count). The number of rotatable bonds is 78. The summed E-state index contributed by atoms with van der Waals surface area (Å²) in [6.07, 6.45) is 107. The van der Waals surface area contributed by atoms with E-state index in [1.165, 1.54) is 379 Å². The fourth-order valence-corrected chi connectivity index (χ4v) is 13.0. The first kappa shape index (κ1) is 88.8. The lowest BCUT2D eigenvalue weighted by Crippen LogP contribution is -2.45. The van der Waals surface area contributed by atoms with Crippen LogP contribution in [0.5, 0.6) is 0 Å². The van der Waals surface area contributed by atoms with E-state index in [-0.39, 0.29) is 18.5 Å². The van der Waals surface area contributed by atoms with Crippen molar-refractivity contribution in [2.45, 2.75) is 469 Å². The van der Waals surface area contributed by atoms with E-state index in [2.05, 4.69) is 55.6 Å². The fourth-order valence-electron chi connectivity index (χ4n) is 13.0. The summed E-state index contributed by atoms with van der Waals surface area (Å²) in [6, 6.07) is -0.626. The zero-order valence-corrected chi connectivity index (χ0v) is 61.6. The van der Waals surface area contributed by atoms with Crippen molar-refractivity contribution in [1.29, 1.82) is 0 Å². The highest BCUT2D eigenvalue weighted by Gasteiger charge is 2.18. The van der Waals surface area contributed by atoms with Crippen LogP contribution in [0, 0.1) is 0 Å². The predicted molar refractivity (Wildman–Crippen MR) is 402 cm³/mol. The lowest BCUT2D eigenvalue weighted by atomic mass is 10.0. The Bertz CT molecular complexity index is 1520. The average Bonchev–Trinajstić information content (AvgIpc) is 3.65. The summed E-state index contributed by atoms with van der Waals surface area (Å²) in [6.45, 7) is 4.92. The summed E-state index contributed by atoms with van der Waals surface area (Å²) >= 11 is 0. The highest BCUT2D eigenvalue weighted by atomic mass is 16.5. The normalized spacial score (nSPS) is 12.7. The lowest BCUT2D eigenvalue weighted by molar-refractivity contribution is -0.143. The van der Waals surface area contributed by atoms with E-state index < -0.39 is 12.1 Å². The van der Waals surface area contributed by atoms with E-state index in [1.807, 2.05) is 6.08 Å². The van der Waals surface area contributed by atoms with Gasteiger partial charge in [0.25, 0.3) is 0 Å². The van der Waals surface area contributed by atoms with Crippen LogP contribution in [0.25, 0.3) is 0 Å². The molecule has 1 amide bonds. The number of carbonyl (C=O) groups is 2. The molecule has 6 heteroatoms. The summed E-state index contributed by atoms with van der Waals surface area (Å²) in [5, 5.41) is 23.3. The molecule has 2 unspecified atom stereocenters. The predicted octanol–water partition coefficient (Wildman–Crippen LogP) is 27.5. The van der Waals surface area contributed by atoms with Gasteiger partial charge in [0.2, 0.25) is 5.91 Å². The zero-order valence-electron chi connectivity index (χ0n) is 61.6. The number of carbonyl (C=O) groups excluding carboxylic acids is 2. The van der Waals surface area contributed by atoms with Crippen LogP contribution < -0.4 is 5.32 Å². The van der Waals surface area contributed by atoms with Crippen molar-refractivity contribution in [3.63, 3.8) is 0 Å². The Morgan fingerprint density at radius 1 is 0.308 bits per heavy atom. The van der Waals surface area contributed by atoms with E-state index in [0.717, 1.165) is 51.4 Å². The third-order valence-electron chi connectivity index (χ3n) is 19.3. The molecule has 0 aromatic heterocycles. The zero-order chi connectivity index (χ0) is 65.6. The fraction of sp³-hybridized carbons (Fsp3) is 0.882. The Morgan fingerprint density at radius 2 is 0.549 bits per heavy atom. The van der Waals surface area contributed by atoms with E-state index in [1.54, 1.807) is 6.08 Å². The lowest BCUT2D eigenvalue weighted by Gasteiger charge is -2.20. The van der Waals surface area contributed by atoms with Gasteiger partial charge in [-0.05, 0) is 89.9 Å². The number of hydrogen-bond acceptors (Lipinski definition) is 5. The minimum absolute atomic E-state index is 0.0180. The largest absolute Gasteiger partial charge is 0.466 e. The van der Waals surface area contributed by atoms with Crippen molar-refractivity contribution in [2.75, 3.05) is 13.2 Å². The second-order valence-corrected chi connectivity index (χ2v) is 28.4. The molecule has 536 valence electrons. The molecular formula is C85H161NO5. The smallest absolute Gasteiger partial charge is 0.305 e. The number of unbranched alkanes of at least 4 members (excludes halogenated alkanes) is 61. The van der Waals surface area contributed by atoms with E-state index >= 15 is 0 Å². The molecule has 0 bridgehead atoms. The Balaban J connectivity index is 3.34. The van der Waals surface area contributed by atoms with Gasteiger partial charge in [0.1, 0.15) is 0 Å². The number of amides is 1. The molecule has 0 spiro atoms. The summed E-state index contributed by atoms with van der Waals surface area (Å²) in [5.41, 5.74) is 0. The number of aliphatic hydroxyl groups is 2. The quantitative estimate of drug-likeness (QED) is 0.0320. The molecular weight excluding hydrogens is 1110 g/mol. The Labute approximate surface area is 569 Å². The van der Waals surface area contributed by atoms with Gasteiger partial charge in [0.15, 0.2) is 0 Å². The number of allylic oxidation sites excluding steroid dienone is 7. The van der Waals surface area contributed by atoms with Crippen LogP contribution >= 0.6 is 0 Å². The van der Waals surface area contributed by atoms with E-state index in [9.17, 15) is 19.8 Å². The van der Waals surface area contributed by atoms with Crippen LogP contribution in [0.3, 0.4) is 0 Å². The van der Waals surface area contributed by atoms with Crippen molar-refractivity contribution in [3.8, 4) is 0 Å². The molecule has 0 aromatic rings. The van der Waals surface area contributed by atoms with Crippen LogP contribution in [-0.2, 0) is 14.3 Å². The minimum Gasteiger partial charge on any atom is -0.466 e. The van der Waals surface area contributed by atoms with Gasteiger partial charge in [0.05, 0.1) is 25.4 Å². The SMILES string of the molecule is CCCCC/C=C\C/C=C\CCCCCCCCCCCC(=O)OCCCCCCCCCCCCCCCCCC/C=C\CCCCCCCCCCCCCCCCCCCC(=O)NC(CO)C(O)/C=C/CCCCCCCCCCCCCCCCCC. The van der Waals surface area contributed by atoms with Crippen molar-refractivity contribution in [1.82, 2.24) is 5.32 Å². The molecule has 0 fully saturated rings. The summed E-state index contributed by atoms with van der Waals surface area (Å²) in [4.78, 5) is 24.7. The maximum atomic E-state index is 12.5. The molecule has 0 heterocycles. The van der Waals surface area contributed by atoms with Crippen LogP contribution in [0.1, 0.15) is 457 Å². The first-order valence-electron chi connectivity index (χ1n) is 41.4. The third-order valence-corrected chi connectivity index (χ3v) is 19.3. The molecule has 3 N–H and O–H groups in total. The van der Waals surface area contributed by atoms with Crippen LogP contribution in [0.2, 0.25) is 0 Å². The Kier molecular flexibility index (Phi) is 78.3. The van der Waals surface area contributed by atoms with Gasteiger partial charge in [-0.2, -0.15) is 0 Å². The van der Waals surface area contributed by atoms with Gasteiger partial charge in [-0.15, -0.1) is 0 Å². The highest BCUT2D eigenvalue weighted by Crippen LogP contribution is 2.20. The molecule has 91 heavy (non-hydrogen) atoms. The van der Waals surface area contributed by atoms with Crippen molar-refractivity contribution in [2.24, 2.45) is 0 Å². The number of ether oxygens (including phenoxy) is 1. The minimum atomic E-state index is -0.843. The molecule has 2 atom stereocenters. The summed E-state index contributed by atoms with van der Waals surface area (Å²) in [7, 11) is 0. The van der Waals surface area contributed by atoms with Gasteiger partial charge in [-0.1, -0.05) is 403 Å². The molecule has 0 radical (unpaired) electrons. The van der Waals surface area contributed by atoms with Crippen LogP contribution in [-0.4, -0.2) is 47.4 Å². The molecule has 0 aliphatic carbocycles. The van der Waals surface area contributed by atoms with Crippen LogP contribution in [0.15, 0.2) is 48.6 Å². The Hall–Kier alpha value is -2.18. The molecule has 0 aliphatic rings. The van der Waals surface area contributed by atoms with Crippen molar-refractivity contribution >= 4 is 11.9 Å². The maximum absolute atomic E-state index is 12.5. The first-order chi connectivity index (χ1) is 45.0. The van der Waals surface area contributed by atoms with Crippen LogP contribution in [0.4, 0.5) is 0 Å². The standard InChI is InChI=1S/C85H161NO5/c1-3-5-7-9-11-13-15-17-19-21-42-47-51-55-59-63-67-71-75-79-85(90)91-80-76-72-68-64-60-56-52-48-44-41-39-37-35-33-31-29-27-25-23-24-26-28-30-32-34-36-38-40-43-46-50-54-58-62-66-70-74-78-84(89)86-82(81-87)83(88)77-73-69-65-61-57-53-49-45-22-20-18-16-14-12-10-8-6-4-2/h11,13,17,19,23,25,73,77,82-83,87-88H,3-10,12,14-16,18,20-22,24,26-72,74-76,78-81H2,1-2H3,(H,86,89)/b13-11-,19-17-,25-23-,77-73+. The number of esters is 1. The number of nitrogens with one attached hydrogen (secondary N) is 1. The highest BCUT2D eigenvalue weighted by molar-refractivity contribution is 5.76. The third kappa shape index (κ3) is 76.7. The van der Waals surface area contributed by atoms with E-state index in [0.29, 0.717) is 19.4 Å². The van der Waals surface area contributed by atoms with E-state index in [4.69, 9.17) is 4.74 Å². The maximum Gasteiger partial charge on any atom is 0.305 e. The van der Waals surface area contributed by atoms with Crippen molar-refractivity contribution < 1.29 is 24.5 Å². The number of hydrogen-bond donors (Lipinski definition) is 3. The van der Waals surface area contributed by atoms with Gasteiger partial charge < -0.3 is 20.3 Å². The first-order valence-corrected chi connectivity index (χ1v) is 41.4. The monoisotopic (exact) mass is 1280 g/mol. The molecule has 0 saturated carbocycles. The second-order valence-electron chi connectivity index (χ2n) is 28.4. The molecule has 0 saturated heterocycles. The van der Waals surface area contributed by atoms with Crippen molar-refractivity contribution in [3.05, 3.63) is 48.6 Å². The summed E-state index contributed by atoms with van der Waals surface area (Å²) in [5.74, 6) is -0.0423. The topological polar surface area (TPSA) is 95.9 Å². The van der Waals surface area contributed by atoms with Gasteiger partial charge in [0, 0.05) is 12.8 Å².